The van der Waals surface area contributed by atoms with Gasteiger partial charge in [-0.2, -0.15) is 0 Å². The van der Waals surface area contributed by atoms with Crippen molar-refractivity contribution in [3.63, 3.8) is 0 Å². The minimum atomic E-state index is -0.807. The maximum atomic E-state index is 12.9. The monoisotopic (exact) mass is 1010 g/mol. The van der Waals surface area contributed by atoms with Crippen molar-refractivity contribution in [2.45, 2.75) is 297 Å². The fourth-order valence-electron chi connectivity index (χ4n) is 8.48. The second-order valence-corrected chi connectivity index (χ2v) is 20.2. The molecule has 73 heavy (non-hydrogen) atoms. The number of rotatable bonds is 55. The molecule has 0 saturated heterocycles. The van der Waals surface area contributed by atoms with Gasteiger partial charge in [0.15, 0.2) is 6.10 Å². The van der Waals surface area contributed by atoms with Crippen LogP contribution in [0.5, 0.6) is 0 Å². The van der Waals surface area contributed by atoms with E-state index < -0.39 is 6.10 Å². The zero-order valence-electron chi connectivity index (χ0n) is 47.9. The van der Waals surface area contributed by atoms with Gasteiger partial charge in [0.25, 0.3) is 0 Å². The van der Waals surface area contributed by atoms with E-state index in [4.69, 9.17) is 14.2 Å². The third-order valence-electron chi connectivity index (χ3n) is 13.1. The van der Waals surface area contributed by atoms with Crippen molar-refractivity contribution in [1.29, 1.82) is 0 Å². The number of unbranched alkanes of at least 4 members (excludes halogenated alkanes) is 28. The van der Waals surface area contributed by atoms with Crippen molar-refractivity contribution in [1.82, 2.24) is 0 Å². The lowest BCUT2D eigenvalue weighted by atomic mass is 10.0. The number of allylic oxidation sites excluding steroid dienone is 16. The number of hydrogen-bond donors (Lipinski definition) is 0. The Morgan fingerprint density at radius 3 is 0.890 bits per heavy atom. The van der Waals surface area contributed by atoms with E-state index in [2.05, 4.69) is 118 Å². The van der Waals surface area contributed by atoms with Crippen molar-refractivity contribution >= 4 is 17.9 Å². The predicted octanol–water partition coefficient (Wildman–Crippen LogP) is 20.9. The zero-order valence-corrected chi connectivity index (χ0v) is 47.9. The van der Waals surface area contributed by atoms with Gasteiger partial charge in [-0.3, -0.25) is 14.4 Å². The average molecular weight is 1020 g/mol. The predicted molar refractivity (Wildman–Crippen MR) is 316 cm³/mol. The van der Waals surface area contributed by atoms with Gasteiger partial charge in [0.1, 0.15) is 13.2 Å². The first kappa shape index (κ1) is 69.3. The Bertz CT molecular complexity index is 1440. The standard InChI is InChI=1S/C67H114O6/c1-4-7-10-13-16-19-22-25-28-30-32-33-35-37-40-43-46-49-52-55-58-61-67(70)73-64(62-71-65(68)59-56-53-50-47-44-41-38-27-24-21-18-15-12-9-6-3)63-72-66(69)60-57-54-51-48-45-42-39-36-34-31-29-26-23-20-17-14-11-8-5-2/h8,11,17-18,20-21,26-27,29,34,36,38,42,44-45,47,64H,4-7,9-10,12-16,19,22-25,28,30-33,35,37,39-41,43,46,48-63H2,1-3H3/b11-8-,20-17-,21-18-,29-26-,36-34-,38-27-,45-42-,47-44-/t64-/m0/s1. The normalized spacial score (nSPS) is 12.8. The molecule has 0 aromatic heterocycles. The van der Waals surface area contributed by atoms with E-state index in [0.717, 1.165) is 109 Å². The van der Waals surface area contributed by atoms with Crippen LogP contribution in [0.1, 0.15) is 290 Å². The Balaban J connectivity index is 4.45. The van der Waals surface area contributed by atoms with E-state index in [1.165, 1.54) is 141 Å². The van der Waals surface area contributed by atoms with Crippen LogP contribution >= 0.6 is 0 Å². The summed E-state index contributed by atoms with van der Waals surface area (Å²) in [6, 6.07) is 0. The fourth-order valence-corrected chi connectivity index (χ4v) is 8.48. The minimum Gasteiger partial charge on any atom is -0.462 e. The Morgan fingerprint density at radius 1 is 0.288 bits per heavy atom. The largest absolute Gasteiger partial charge is 0.462 e. The SMILES string of the molecule is CC/C=C\C/C=C\C/C=C\C/C=C\C/C=C\CCCCCC(=O)OC[C@H](COC(=O)CCCC/C=C\C/C=C\C/C=C\CCCCC)OC(=O)CCCCCCCCCCCCCCCCCCCCCCC. The topological polar surface area (TPSA) is 78.9 Å². The molecule has 0 aliphatic heterocycles. The quantitative estimate of drug-likeness (QED) is 0.0261. The smallest absolute Gasteiger partial charge is 0.306 e. The summed E-state index contributed by atoms with van der Waals surface area (Å²) in [5, 5.41) is 0. The third-order valence-corrected chi connectivity index (χ3v) is 13.1. The van der Waals surface area contributed by atoms with Crippen LogP contribution < -0.4 is 0 Å². The molecule has 0 saturated carbocycles. The molecule has 0 spiro atoms. The lowest BCUT2D eigenvalue weighted by molar-refractivity contribution is -0.167. The highest BCUT2D eigenvalue weighted by Crippen LogP contribution is 2.16. The molecule has 6 nitrogen and oxygen atoms in total. The molecule has 0 bridgehead atoms. The molecule has 0 aromatic rings. The summed E-state index contributed by atoms with van der Waals surface area (Å²) in [5.74, 6) is -0.964. The highest BCUT2D eigenvalue weighted by atomic mass is 16.6. The molecular weight excluding hydrogens is 901 g/mol. The Hall–Kier alpha value is -3.67. The number of carbonyl (C=O) groups is 3. The van der Waals surface area contributed by atoms with Crippen LogP contribution in [0.3, 0.4) is 0 Å². The van der Waals surface area contributed by atoms with Gasteiger partial charge in [0, 0.05) is 19.3 Å². The van der Waals surface area contributed by atoms with Crippen LogP contribution in [0.4, 0.5) is 0 Å². The molecule has 1 atom stereocenters. The molecule has 6 heteroatoms. The van der Waals surface area contributed by atoms with Crippen molar-refractivity contribution in [3.05, 3.63) is 97.2 Å². The second kappa shape index (κ2) is 60.9. The van der Waals surface area contributed by atoms with Gasteiger partial charge in [0.2, 0.25) is 0 Å². The Kier molecular flexibility index (Phi) is 57.8. The number of esters is 3. The van der Waals surface area contributed by atoms with Gasteiger partial charge in [0.05, 0.1) is 0 Å². The highest BCUT2D eigenvalue weighted by Gasteiger charge is 2.19. The molecule has 0 radical (unpaired) electrons. The summed E-state index contributed by atoms with van der Waals surface area (Å²) >= 11 is 0. The summed E-state index contributed by atoms with van der Waals surface area (Å²) in [4.78, 5) is 38.2. The van der Waals surface area contributed by atoms with Gasteiger partial charge >= 0.3 is 17.9 Å². The van der Waals surface area contributed by atoms with Crippen LogP contribution in [0, 0.1) is 0 Å². The van der Waals surface area contributed by atoms with E-state index in [9.17, 15) is 14.4 Å². The van der Waals surface area contributed by atoms with Gasteiger partial charge < -0.3 is 14.2 Å². The number of hydrogen-bond acceptors (Lipinski definition) is 6. The molecule has 0 aliphatic carbocycles. The second-order valence-electron chi connectivity index (χ2n) is 20.2. The average Bonchev–Trinajstić information content (AvgIpc) is 3.39. The zero-order chi connectivity index (χ0) is 52.9. The Labute approximate surface area is 451 Å². The molecule has 0 heterocycles. The van der Waals surface area contributed by atoms with Crippen LogP contribution in [0.15, 0.2) is 97.2 Å². The molecule has 0 rings (SSSR count). The lowest BCUT2D eigenvalue weighted by Gasteiger charge is -2.18. The van der Waals surface area contributed by atoms with Crippen molar-refractivity contribution in [2.24, 2.45) is 0 Å². The van der Waals surface area contributed by atoms with Crippen molar-refractivity contribution in [3.8, 4) is 0 Å². The molecule has 0 aromatic carbocycles. The molecule has 0 N–H and O–H groups in total. The Morgan fingerprint density at radius 2 is 0.534 bits per heavy atom. The lowest BCUT2D eigenvalue weighted by Crippen LogP contribution is -2.30. The summed E-state index contributed by atoms with van der Waals surface area (Å²) in [7, 11) is 0. The van der Waals surface area contributed by atoms with Crippen molar-refractivity contribution in [2.75, 3.05) is 13.2 Å². The maximum absolute atomic E-state index is 12.9. The fraction of sp³-hybridized carbons (Fsp3) is 0.716. The van der Waals surface area contributed by atoms with Crippen molar-refractivity contribution < 1.29 is 28.6 Å². The summed E-state index contributed by atoms with van der Waals surface area (Å²) in [6.45, 7) is 6.46. The molecule has 0 unspecified atom stereocenters. The van der Waals surface area contributed by atoms with E-state index in [0.29, 0.717) is 19.3 Å². The summed E-state index contributed by atoms with van der Waals surface area (Å²) in [6.07, 6.45) is 81.2. The summed E-state index contributed by atoms with van der Waals surface area (Å²) < 4.78 is 16.9. The first-order valence-corrected chi connectivity index (χ1v) is 30.7. The van der Waals surface area contributed by atoms with E-state index in [-0.39, 0.29) is 31.1 Å². The molecule has 418 valence electrons. The van der Waals surface area contributed by atoms with E-state index in [1.54, 1.807) is 0 Å². The molecule has 0 aliphatic rings. The first-order valence-electron chi connectivity index (χ1n) is 30.7. The van der Waals surface area contributed by atoms with Crippen LogP contribution in [-0.4, -0.2) is 37.2 Å². The van der Waals surface area contributed by atoms with Gasteiger partial charge in [-0.15, -0.1) is 0 Å². The van der Waals surface area contributed by atoms with Gasteiger partial charge in [-0.1, -0.05) is 266 Å². The van der Waals surface area contributed by atoms with Crippen LogP contribution in [-0.2, 0) is 28.6 Å². The van der Waals surface area contributed by atoms with E-state index >= 15 is 0 Å². The first-order chi connectivity index (χ1) is 36.0. The van der Waals surface area contributed by atoms with Crippen LogP contribution in [0.2, 0.25) is 0 Å². The summed E-state index contributed by atoms with van der Waals surface area (Å²) in [5.41, 5.74) is 0. The number of carbonyl (C=O) groups excluding carboxylic acids is 3. The minimum absolute atomic E-state index is 0.105. The molecule has 0 fully saturated rings. The van der Waals surface area contributed by atoms with E-state index in [1.807, 2.05) is 0 Å². The highest BCUT2D eigenvalue weighted by molar-refractivity contribution is 5.71. The van der Waals surface area contributed by atoms with Gasteiger partial charge in [-0.05, 0) is 103 Å². The van der Waals surface area contributed by atoms with Gasteiger partial charge in [-0.25, -0.2) is 0 Å². The molecule has 0 amide bonds. The molecular formula is C67H114O6. The van der Waals surface area contributed by atoms with Crippen LogP contribution in [0.25, 0.3) is 0 Å². The third kappa shape index (κ3) is 59.1. The number of ether oxygens (including phenoxy) is 3. The maximum Gasteiger partial charge on any atom is 0.306 e.